The van der Waals surface area contributed by atoms with E-state index < -0.39 is 11.6 Å². The van der Waals surface area contributed by atoms with Gasteiger partial charge in [-0.1, -0.05) is 11.6 Å². The molecule has 1 aliphatic heterocycles. The predicted octanol–water partition coefficient (Wildman–Crippen LogP) is 4.31. The zero-order valence-corrected chi connectivity index (χ0v) is 19.7. The highest BCUT2D eigenvalue weighted by atomic mass is 35.5. The molecular weight excluding hydrogens is 480 g/mol. The molecule has 1 saturated carbocycles. The molecule has 0 unspecified atom stereocenters. The Morgan fingerprint density at radius 2 is 1.89 bits per heavy atom. The van der Waals surface area contributed by atoms with E-state index in [1.165, 1.54) is 0 Å². The van der Waals surface area contributed by atoms with Crippen molar-refractivity contribution < 1.29 is 18.3 Å². The largest absolute Gasteiger partial charge is 0.379 e. The number of hydrogen-bond donors (Lipinski definition) is 3. The van der Waals surface area contributed by atoms with Crippen LogP contribution in [0.25, 0.3) is 11.2 Å². The monoisotopic (exact) mass is 505 g/mol. The molecule has 4 N–H and O–H groups in total. The molecule has 1 saturated heterocycles. The number of benzene rings is 1. The number of carbonyl (C=O) groups is 1. The minimum absolute atomic E-state index is 0.0443. The standard InChI is InChI=1S/C23H26ClF2N7O2/c24-13-8-16(25)19(17(26)9-13)31-23-30-18-10-28-22(29-14-2-1-7-35-11-14)32-21(18)33(23)15-5-3-12(4-6-15)20(27)34/h8-10,12,14-15H,1-7,11H2,(H2,27,34)(H,30,31)(H,28,29,32)/t12?,14-,15?/m1/s1. The van der Waals surface area contributed by atoms with Crippen LogP contribution in [0.15, 0.2) is 18.3 Å². The lowest BCUT2D eigenvalue weighted by atomic mass is 9.85. The van der Waals surface area contributed by atoms with Gasteiger partial charge < -0.3 is 21.1 Å². The highest BCUT2D eigenvalue weighted by Gasteiger charge is 2.30. The fourth-order valence-electron chi connectivity index (χ4n) is 4.82. The van der Waals surface area contributed by atoms with Gasteiger partial charge in [0, 0.05) is 23.6 Å². The number of ether oxygens (including phenoxy) is 1. The van der Waals surface area contributed by atoms with Crippen LogP contribution in [0.1, 0.15) is 44.6 Å². The van der Waals surface area contributed by atoms with E-state index in [1.807, 2.05) is 4.57 Å². The van der Waals surface area contributed by atoms with Gasteiger partial charge in [-0.2, -0.15) is 4.98 Å². The van der Waals surface area contributed by atoms with Crippen molar-refractivity contribution in [2.45, 2.75) is 50.6 Å². The second-order valence-electron chi connectivity index (χ2n) is 9.04. The lowest BCUT2D eigenvalue weighted by Gasteiger charge is -2.29. The number of hydrogen-bond acceptors (Lipinski definition) is 7. The smallest absolute Gasteiger partial charge is 0.225 e. The molecule has 0 spiro atoms. The highest BCUT2D eigenvalue weighted by Crippen LogP contribution is 2.37. The van der Waals surface area contributed by atoms with Gasteiger partial charge in [-0.15, -0.1) is 0 Å². The van der Waals surface area contributed by atoms with E-state index in [1.54, 1.807) is 6.20 Å². The van der Waals surface area contributed by atoms with Crippen molar-refractivity contribution in [3.8, 4) is 0 Å². The van der Waals surface area contributed by atoms with Crippen molar-refractivity contribution in [3.05, 3.63) is 35.0 Å². The van der Waals surface area contributed by atoms with E-state index >= 15 is 0 Å². The summed E-state index contributed by atoms with van der Waals surface area (Å²) in [4.78, 5) is 25.3. The summed E-state index contributed by atoms with van der Waals surface area (Å²) in [6.45, 7) is 1.31. The van der Waals surface area contributed by atoms with Crippen LogP contribution in [0, 0.1) is 17.6 Å². The van der Waals surface area contributed by atoms with E-state index in [-0.39, 0.29) is 40.6 Å². The Morgan fingerprint density at radius 3 is 2.54 bits per heavy atom. The summed E-state index contributed by atoms with van der Waals surface area (Å²) in [6.07, 6.45) is 5.98. The SMILES string of the molecule is NC(=O)C1CCC(n2c(Nc3c(F)cc(Cl)cc3F)nc3cnc(N[C@@H]4CCCOC4)nc32)CC1. The Balaban J connectivity index is 1.52. The normalized spacial score (nSPS) is 22.8. The van der Waals surface area contributed by atoms with E-state index in [9.17, 15) is 13.6 Å². The first-order valence-electron chi connectivity index (χ1n) is 11.7. The molecule has 3 aromatic rings. The van der Waals surface area contributed by atoms with Gasteiger partial charge in [0.05, 0.1) is 18.8 Å². The van der Waals surface area contributed by atoms with E-state index in [4.69, 9.17) is 27.1 Å². The van der Waals surface area contributed by atoms with Gasteiger partial charge >= 0.3 is 0 Å². The molecular formula is C23H26ClF2N7O2. The molecule has 3 heterocycles. The van der Waals surface area contributed by atoms with Crippen molar-refractivity contribution in [2.75, 3.05) is 23.8 Å². The summed E-state index contributed by atoms with van der Waals surface area (Å²) < 4.78 is 36.5. The average molecular weight is 506 g/mol. The summed E-state index contributed by atoms with van der Waals surface area (Å²) in [5.41, 5.74) is 6.15. The molecule has 2 aromatic heterocycles. The van der Waals surface area contributed by atoms with Crippen LogP contribution >= 0.6 is 11.6 Å². The number of aromatic nitrogens is 4. The number of nitrogens with one attached hydrogen (secondary N) is 2. The maximum absolute atomic E-state index is 14.6. The Bertz CT molecular complexity index is 1220. The lowest BCUT2D eigenvalue weighted by Crippen LogP contribution is -2.31. The molecule has 1 amide bonds. The number of halogens is 3. The van der Waals surface area contributed by atoms with E-state index in [0.717, 1.165) is 31.6 Å². The zero-order valence-electron chi connectivity index (χ0n) is 18.9. The van der Waals surface area contributed by atoms with Crippen LogP contribution in [0.2, 0.25) is 5.02 Å². The molecule has 12 heteroatoms. The van der Waals surface area contributed by atoms with Crippen LogP contribution in [0.4, 0.5) is 26.4 Å². The first-order chi connectivity index (χ1) is 16.9. The number of amides is 1. The Kier molecular flexibility index (Phi) is 6.70. The number of rotatable bonds is 6. The van der Waals surface area contributed by atoms with Gasteiger partial charge in [0.1, 0.15) is 11.2 Å². The number of fused-ring (bicyclic) bond motifs is 1. The highest BCUT2D eigenvalue weighted by molar-refractivity contribution is 6.30. The molecule has 0 radical (unpaired) electrons. The van der Waals surface area contributed by atoms with Crippen LogP contribution in [0.5, 0.6) is 0 Å². The van der Waals surface area contributed by atoms with Crippen LogP contribution < -0.4 is 16.4 Å². The summed E-state index contributed by atoms with van der Waals surface area (Å²) in [6, 6.07) is 2.06. The number of imidazole rings is 1. The molecule has 186 valence electrons. The molecule has 1 atom stereocenters. The van der Waals surface area contributed by atoms with Gasteiger partial charge in [0.2, 0.25) is 17.8 Å². The molecule has 5 rings (SSSR count). The second-order valence-corrected chi connectivity index (χ2v) is 9.48. The third kappa shape index (κ3) is 5.01. The summed E-state index contributed by atoms with van der Waals surface area (Å²) >= 11 is 5.78. The van der Waals surface area contributed by atoms with Gasteiger partial charge in [-0.25, -0.2) is 18.7 Å². The fourth-order valence-corrected chi connectivity index (χ4v) is 5.02. The molecule has 2 aliphatic rings. The third-order valence-electron chi connectivity index (χ3n) is 6.63. The minimum Gasteiger partial charge on any atom is -0.379 e. The number of nitrogens with two attached hydrogens (primary N) is 1. The molecule has 9 nitrogen and oxygen atoms in total. The van der Waals surface area contributed by atoms with Crippen LogP contribution in [-0.4, -0.2) is 44.7 Å². The summed E-state index contributed by atoms with van der Waals surface area (Å²) in [7, 11) is 0. The molecule has 2 fully saturated rings. The maximum Gasteiger partial charge on any atom is 0.225 e. The quantitative estimate of drug-likeness (QED) is 0.456. The molecule has 1 aromatic carbocycles. The van der Waals surface area contributed by atoms with E-state index in [2.05, 4.69) is 20.6 Å². The third-order valence-corrected chi connectivity index (χ3v) is 6.85. The topological polar surface area (TPSA) is 120 Å². The van der Waals surface area contributed by atoms with Crippen molar-refractivity contribution in [2.24, 2.45) is 11.7 Å². The minimum atomic E-state index is -0.836. The number of anilines is 3. The van der Waals surface area contributed by atoms with E-state index in [0.29, 0.717) is 49.4 Å². The second kappa shape index (κ2) is 9.90. The summed E-state index contributed by atoms with van der Waals surface area (Å²) in [5, 5.41) is 6.06. The van der Waals surface area contributed by atoms with Crippen molar-refractivity contribution >= 4 is 46.3 Å². The number of nitrogens with zero attached hydrogens (tertiary/aromatic N) is 4. The van der Waals surface area contributed by atoms with Crippen molar-refractivity contribution in [1.29, 1.82) is 0 Å². The Hall–Kier alpha value is -3.05. The van der Waals surface area contributed by atoms with Crippen LogP contribution in [-0.2, 0) is 9.53 Å². The van der Waals surface area contributed by atoms with Gasteiger partial charge in [0.25, 0.3) is 0 Å². The first kappa shape index (κ1) is 23.7. The first-order valence-corrected chi connectivity index (χ1v) is 12.1. The molecule has 0 bridgehead atoms. The molecule has 1 aliphatic carbocycles. The Labute approximate surface area is 205 Å². The van der Waals surface area contributed by atoms with Gasteiger partial charge in [0.15, 0.2) is 17.3 Å². The maximum atomic E-state index is 14.6. The number of carbonyl (C=O) groups excluding carboxylic acids is 1. The summed E-state index contributed by atoms with van der Waals surface area (Å²) in [5.74, 6) is -1.52. The van der Waals surface area contributed by atoms with Crippen LogP contribution in [0.3, 0.4) is 0 Å². The Morgan fingerprint density at radius 1 is 1.14 bits per heavy atom. The molecule has 35 heavy (non-hydrogen) atoms. The zero-order chi connectivity index (χ0) is 24.5. The number of primary amides is 1. The fraction of sp³-hybridized carbons (Fsp3) is 0.478. The van der Waals surface area contributed by atoms with Crippen molar-refractivity contribution in [3.63, 3.8) is 0 Å². The van der Waals surface area contributed by atoms with Gasteiger partial charge in [-0.3, -0.25) is 9.36 Å². The van der Waals surface area contributed by atoms with Gasteiger partial charge in [-0.05, 0) is 50.7 Å². The van der Waals surface area contributed by atoms with Crippen molar-refractivity contribution in [1.82, 2.24) is 19.5 Å². The average Bonchev–Trinajstić information content (AvgIpc) is 3.19. The lowest BCUT2D eigenvalue weighted by molar-refractivity contribution is -0.122. The predicted molar refractivity (Wildman–Crippen MR) is 128 cm³/mol.